The van der Waals surface area contributed by atoms with Gasteiger partial charge in [0.15, 0.2) is 24.7 Å². The molecule has 8 N–H and O–H groups in total. The molecule has 4 aliphatic carbocycles. The molecular formula is C45H70O16. The molecule has 8 fully saturated rings. The predicted octanol–water partition coefficient (Wildman–Crippen LogP) is 1.16. The second-order valence-electron chi connectivity index (χ2n) is 21.0. The third-order valence-electron chi connectivity index (χ3n) is 17.6. The Morgan fingerprint density at radius 2 is 1.41 bits per heavy atom. The van der Waals surface area contributed by atoms with Crippen molar-refractivity contribution < 1.29 is 78.7 Å². The van der Waals surface area contributed by atoms with Crippen LogP contribution in [0.5, 0.6) is 0 Å². The van der Waals surface area contributed by atoms with Crippen molar-refractivity contribution in [3.63, 3.8) is 0 Å². The largest absolute Gasteiger partial charge is 0.393 e. The molecule has 16 heteroatoms. The van der Waals surface area contributed by atoms with Gasteiger partial charge in [-0.2, -0.15) is 0 Å². The zero-order valence-corrected chi connectivity index (χ0v) is 36.3. The number of aliphatic hydroxyl groups excluding tert-OH is 8. The van der Waals surface area contributed by atoms with E-state index in [1.807, 2.05) is 0 Å². The Hall–Kier alpha value is -1.16. The van der Waals surface area contributed by atoms with Gasteiger partial charge in [-0.3, -0.25) is 0 Å². The number of fused-ring (bicyclic) bond motifs is 7. The Bertz CT molecular complexity index is 1670. The van der Waals surface area contributed by atoms with E-state index >= 15 is 0 Å². The smallest absolute Gasteiger partial charge is 0.187 e. The summed E-state index contributed by atoms with van der Waals surface area (Å²) in [5, 5.41) is 87.0. The van der Waals surface area contributed by atoms with E-state index in [2.05, 4.69) is 40.3 Å². The molecule has 0 aromatic heterocycles. The standard InChI is InChI=1S/C45H70O16/c1-19-8-13-45(55-17-19)20(2)30-26(61-45)16-28-42(5)11-9-23-14-24(46)15-29(44(23,7)27(42)10-12-43(28,30)6)58-41-38(60-40-36(53)34(51)31(48)21(3)56-40)37(32(49)22(4)57-41)59-39-35(52)33(50)25(47)18-54-39/h9,20-22,24-41,46-53H,1,8,10-18H2,2-7H3/t20-,21-,22+,24+,25+,26-,27-,28-,29+,30-,31-,32-,33-,34+,35+,36+,37-,38+,39-,40-,41-,42+,43-,44-,45+/m0/s1. The lowest BCUT2D eigenvalue weighted by atomic mass is 9.41. The molecule has 25 atom stereocenters. The van der Waals surface area contributed by atoms with Crippen molar-refractivity contribution in [2.45, 2.75) is 203 Å². The van der Waals surface area contributed by atoms with Gasteiger partial charge in [0.2, 0.25) is 0 Å². The molecule has 5 saturated heterocycles. The van der Waals surface area contributed by atoms with E-state index in [-0.39, 0.29) is 41.8 Å². The van der Waals surface area contributed by atoms with Crippen LogP contribution in [0.4, 0.5) is 0 Å². The first-order valence-corrected chi connectivity index (χ1v) is 22.7. The van der Waals surface area contributed by atoms with E-state index < -0.39 is 109 Å². The number of hydrogen-bond acceptors (Lipinski definition) is 16. The van der Waals surface area contributed by atoms with Gasteiger partial charge in [0.1, 0.15) is 54.9 Å². The molecule has 0 bridgehead atoms. The van der Waals surface area contributed by atoms with Crippen molar-refractivity contribution in [2.75, 3.05) is 13.2 Å². The van der Waals surface area contributed by atoms with Crippen LogP contribution in [0.25, 0.3) is 0 Å². The molecule has 0 unspecified atom stereocenters. The maximum absolute atomic E-state index is 11.7. The Labute approximate surface area is 358 Å². The van der Waals surface area contributed by atoms with Gasteiger partial charge >= 0.3 is 0 Å². The van der Waals surface area contributed by atoms with Gasteiger partial charge in [0, 0.05) is 24.2 Å². The summed E-state index contributed by atoms with van der Waals surface area (Å²) in [6, 6.07) is 0. The van der Waals surface area contributed by atoms with Crippen LogP contribution in [0, 0.1) is 39.9 Å². The second kappa shape index (κ2) is 16.0. The molecule has 1 spiro atoms. The average Bonchev–Trinajstić information content (AvgIpc) is 3.67. The maximum Gasteiger partial charge on any atom is 0.187 e. The summed E-state index contributed by atoms with van der Waals surface area (Å²) in [7, 11) is 0. The Balaban J connectivity index is 1.02. The Morgan fingerprint density at radius 3 is 2.13 bits per heavy atom. The first-order valence-electron chi connectivity index (χ1n) is 22.7. The van der Waals surface area contributed by atoms with Crippen LogP contribution in [-0.2, 0) is 37.9 Å². The fourth-order valence-corrected chi connectivity index (χ4v) is 14.2. The van der Waals surface area contributed by atoms with Crippen molar-refractivity contribution in [1.82, 2.24) is 0 Å². The molecule has 0 aromatic carbocycles. The Morgan fingerprint density at radius 1 is 0.721 bits per heavy atom. The number of aliphatic hydroxyl groups is 8. The average molecular weight is 867 g/mol. The lowest BCUT2D eigenvalue weighted by molar-refractivity contribution is -0.391. The topological polar surface area (TPSA) is 236 Å². The van der Waals surface area contributed by atoms with Crippen LogP contribution >= 0.6 is 0 Å². The van der Waals surface area contributed by atoms with Crippen LogP contribution in [0.2, 0.25) is 0 Å². The molecule has 61 heavy (non-hydrogen) atoms. The van der Waals surface area contributed by atoms with Gasteiger partial charge in [-0.15, -0.1) is 0 Å². The third kappa shape index (κ3) is 7.00. The highest BCUT2D eigenvalue weighted by Crippen LogP contribution is 2.74. The van der Waals surface area contributed by atoms with Crippen LogP contribution in [0.1, 0.15) is 92.9 Å². The maximum atomic E-state index is 11.7. The van der Waals surface area contributed by atoms with Crippen molar-refractivity contribution in [3.05, 3.63) is 23.8 Å². The Kier molecular flexibility index (Phi) is 11.8. The lowest BCUT2D eigenvalue weighted by Gasteiger charge is -2.65. The van der Waals surface area contributed by atoms with Gasteiger partial charge in [0.25, 0.3) is 0 Å². The van der Waals surface area contributed by atoms with Crippen molar-refractivity contribution in [2.24, 2.45) is 39.9 Å². The first-order chi connectivity index (χ1) is 28.7. The summed E-state index contributed by atoms with van der Waals surface area (Å²) in [5.41, 5.74) is 1.52. The van der Waals surface area contributed by atoms with Crippen LogP contribution in [-0.4, -0.2) is 164 Å². The molecule has 16 nitrogen and oxygen atoms in total. The van der Waals surface area contributed by atoms with Gasteiger partial charge in [-0.05, 0) is 81.0 Å². The summed E-state index contributed by atoms with van der Waals surface area (Å²) >= 11 is 0. The second-order valence-corrected chi connectivity index (χ2v) is 21.0. The molecule has 5 heterocycles. The summed E-state index contributed by atoms with van der Waals surface area (Å²) in [5.74, 6) is 0.481. The molecule has 5 aliphatic heterocycles. The normalized spacial score (nSPS) is 58.4. The zero-order chi connectivity index (χ0) is 43.7. The highest BCUT2D eigenvalue weighted by Gasteiger charge is 2.72. The number of hydrogen-bond donors (Lipinski definition) is 8. The third-order valence-corrected chi connectivity index (χ3v) is 17.6. The van der Waals surface area contributed by atoms with Gasteiger partial charge < -0.3 is 78.7 Å². The fourth-order valence-electron chi connectivity index (χ4n) is 14.2. The molecule has 9 rings (SSSR count). The molecule has 0 radical (unpaired) electrons. The van der Waals surface area contributed by atoms with Gasteiger partial charge in [0.05, 0.1) is 43.7 Å². The minimum absolute atomic E-state index is 0.00984. The minimum Gasteiger partial charge on any atom is -0.393 e. The fraction of sp³-hybridized carbons (Fsp3) is 0.911. The van der Waals surface area contributed by atoms with E-state index in [9.17, 15) is 40.9 Å². The predicted molar refractivity (Wildman–Crippen MR) is 213 cm³/mol. The molecular weight excluding hydrogens is 796 g/mol. The van der Waals surface area contributed by atoms with E-state index in [0.29, 0.717) is 24.9 Å². The van der Waals surface area contributed by atoms with Gasteiger partial charge in [-0.25, -0.2) is 0 Å². The molecule has 0 aromatic rings. The van der Waals surface area contributed by atoms with E-state index in [1.165, 1.54) is 6.92 Å². The monoisotopic (exact) mass is 866 g/mol. The lowest BCUT2D eigenvalue weighted by Crippen LogP contribution is -2.67. The molecule has 3 saturated carbocycles. The van der Waals surface area contributed by atoms with Crippen molar-refractivity contribution >= 4 is 0 Å². The molecule has 9 aliphatic rings. The highest BCUT2D eigenvalue weighted by molar-refractivity contribution is 5.31. The number of allylic oxidation sites excluding steroid dienone is 1. The van der Waals surface area contributed by atoms with Crippen molar-refractivity contribution in [3.8, 4) is 0 Å². The molecule has 0 amide bonds. The summed E-state index contributed by atoms with van der Waals surface area (Å²) < 4.78 is 51.1. The minimum atomic E-state index is -1.73. The van der Waals surface area contributed by atoms with E-state index in [1.54, 1.807) is 6.92 Å². The quantitative estimate of drug-likeness (QED) is 0.175. The van der Waals surface area contributed by atoms with E-state index in [4.69, 9.17) is 37.9 Å². The van der Waals surface area contributed by atoms with Gasteiger partial charge in [-0.1, -0.05) is 51.5 Å². The highest BCUT2D eigenvalue weighted by atomic mass is 16.8. The van der Waals surface area contributed by atoms with E-state index in [0.717, 1.165) is 49.7 Å². The summed E-state index contributed by atoms with van der Waals surface area (Å²) in [6.07, 6.45) is -12.7. The number of rotatable bonds is 6. The zero-order valence-electron chi connectivity index (χ0n) is 36.3. The number of ether oxygens (including phenoxy) is 8. The van der Waals surface area contributed by atoms with Crippen molar-refractivity contribution in [1.29, 1.82) is 0 Å². The van der Waals surface area contributed by atoms with Crippen LogP contribution in [0.3, 0.4) is 0 Å². The van der Waals surface area contributed by atoms with Crippen LogP contribution in [0.15, 0.2) is 23.8 Å². The molecule has 346 valence electrons. The summed E-state index contributed by atoms with van der Waals surface area (Å²) in [6.45, 7) is 16.9. The van der Waals surface area contributed by atoms with Crippen LogP contribution < -0.4 is 0 Å². The SMILES string of the molecule is C=C1CC[C@@]2(OC1)O[C@H]1C[C@H]3[C@]4(C)CC=C5C[C@@H](O)C[C@@H](O[C@@H]6O[C@H](C)[C@H](O)[C@H](O[C@@H]7OC[C@@H](O)[C@H](O)[C@H]7O)[C@H]6O[C@@H]6O[C@@H](C)[C@H](O)[C@@H](O)[C@H]6O)[C@]5(C)[C@H]4CC[C@]3(C)[C@H]1[C@@H]2C. The summed E-state index contributed by atoms with van der Waals surface area (Å²) in [4.78, 5) is 0. The first kappa shape index (κ1) is 45.0.